The molecule has 0 aromatic heterocycles. The number of para-hydroxylation sites is 1. The number of amides is 2. The first-order chi connectivity index (χ1) is 18.9. The Kier molecular flexibility index (Phi) is 7.69. The van der Waals surface area contributed by atoms with E-state index >= 15 is 0 Å². The van der Waals surface area contributed by atoms with Crippen LogP contribution in [0.15, 0.2) is 82.8 Å². The molecule has 0 fully saturated rings. The van der Waals surface area contributed by atoms with Crippen molar-refractivity contribution in [3.05, 3.63) is 99.6 Å². The molecule has 0 spiro atoms. The second kappa shape index (κ2) is 11.5. The average Bonchev–Trinajstić information content (AvgIpc) is 3.30. The summed E-state index contributed by atoms with van der Waals surface area (Å²) in [5.74, 6) is 1.29. The number of nitro groups is 1. The number of rotatable bonds is 9. The van der Waals surface area contributed by atoms with Gasteiger partial charge in [0, 0.05) is 36.4 Å². The van der Waals surface area contributed by atoms with E-state index in [1.165, 1.54) is 23.9 Å². The van der Waals surface area contributed by atoms with Crippen LogP contribution in [0.25, 0.3) is 0 Å². The van der Waals surface area contributed by atoms with E-state index in [0.29, 0.717) is 29.0 Å². The summed E-state index contributed by atoms with van der Waals surface area (Å²) in [4.78, 5) is 47.2. The van der Waals surface area contributed by atoms with Crippen LogP contribution >= 0.6 is 11.8 Å². The number of nitrogens with zero attached hydrogens (tertiary/aromatic N) is 4. The predicted octanol–water partition coefficient (Wildman–Crippen LogP) is 4.59. The number of thioether (sulfide) groups is 1. The lowest BCUT2D eigenvalue weighted by Gasteiger charge is -2.31. The van der Waals surface area contributed by atoms with Crippen molar-refractivity contribution < 1.29 is 19.2 Å². The monoisotopic (exact) mass is 543 g/mol. The Morgan fingerprint density at radius 3 is 2.49 bits per heavy atom. The fourth-order valence-electron chi connectivity index (χ4n) is 4.34. The molecule has 2 aliphatic heterocycles. The van der Waals surface area contributed by atoms with Crippen molar-refractivity contribution in [3.8, 4) is 5.75 Å². The molecule has 1 N–H and O–H groups in total. The smallest absolute Gasteiger partial charge is 0.270 e. The molecule has 0 saturated heterocycles. The first-order valence-electron chi connectivity index (χ1n) is 12.3. The molecule has 3 aromatic carbocycles. The maximum atomic E-state index is 13.0. The van der Waals surface area contributed by atoms with Gasteiger partial charge in [0.05, 0.1) is 17.7 Å². The number of carbonyl (C=O) groups excluding carboxylic acids is 2. The largest absolute Gasteiger partial charge is 0.497 e. The molecule has 10 nitrogen and oxygen atoms in total. The van der Waals surface area contributed by atoms with Crippen LogP contribution in [0.2, 0.25) is 0 Å². The fourth-order valence-corrected chi connectivity index (χ4v) is 5.34. The Morgan fingerprint density at radius 1 is 1.05 bits per heavy atom. The third-order valence-corrected chi connectivity index (χ3v) is 7.44. The standard InChI is InChI=1S/C28H25N5O5S/c1-38-21-12-8-18(9-13-21)16-29-25(34)15-14-24-27(35)31-26-22-4-2-3-5-23(22)30-28(32(24)26)39-17-19-6-10-20(11-7-19)33(36)37/h2-13,24H,14-17H2,1H3,(H,29,34). The number of carbonyl (C=O) groups is 2. The number of nitrogens with one attached hydrogen (secondary N) is 1. The van der Waals surface area contributed by atoms with Crippen molar-refractivity contribution in [1.29, 1.82) is 0 Å². The van der Waals surface area contributed by atoms with E-state index in [0.717, 1.165) is 22.4 Å². The van der Waals surface area contributed by atoms with Crippen molar-refractivity contribution in [2.75, 3.05) is 7.11 Å². The second-order valence-electron chi connectivity index (χ2n) is 8.95. The SMILES string of the molecule is COc1ccc(CNC(=O)CCC2C(=O)N=C3c4ccccc4N=C(SCc4ccc([N+](=O)[O-])cc4)N32)cc1. The van der Waals surface area contributed by atoms with Crippen LogP contribution in [0.4, 0.5) is 11.4 Å². The van der Waals surface area contributed by atoms with E-state index in [1.807, 2.05) is 53.4 Å². The fraction of sp³-hybridized carbons (Fsp3) is 0.214. The summed E-state index contributed by atoms with van der Waals surface area (Å²) < 4.78 is 5.16. The quantitative estimate of drug-likeness (QED) is 0.309. The van der Waals surface area contributed by atoms with Gasteiger partial charge in [0.2, 0.25) is 5.91 Å². The number of ether oxygens (including phenoxy) is 1. The number of benzene rings is 3. The van der Waals surface area contributed by atoms with Crippen molar-refractivity contribution in [2.45, 2.75) is 31.2 Å². The number of methoxy groups -OCH3 is 1. The van der Waals surface area contributed by atoms with Gasteiger partial charge in [-0.3, -0.25) is 24.6 Å². The van der Waals surface area contributed by atoms with Crippen LogP contribution < -0.4 is 10.1 Å². The predicted molar refractivity (Wildman–Crippen MR) is 149 cm³/mol. The van der Waals surface area contributed by atoms with Gasteiger partial charge >= 0.3 is 0 Å². The van der Waals surface area contributed by atoms with E-state index in [9.17, 15) is 19.7 Å². The minimum Gasteiger partial charge on any atom is -0.497 e. The third-order valence-electron chi connectivity index (χ3n) is 6.42. The molecular formula is C28H25N5O5S. The van der Waals surface area contributed by atoms with Crippen LogP contribution in [-0.2, 0) is 21.9 Å². The molecule has 3 aromatic rings. The van der Waals surface area contributed by atoms with Crippen LogP contribution in [0.3, 0.4) is 0 Å². The molecule has 2 amide bonds. The number of aliphatic imine (C=N–C) groups is 2. The minimum atomic E-state index is -0.650. The number of hydrogen-bond acceptors (Lipinski definition) is 8. The van der Waals surface area contributed by atoms with Crippen LogP contribution in [0.1, 0.15) is 29.5 Å². The highest BCUT2D eigenvalue weighted by molar-refractivity contribution is 8.13. The topological polar surface area (TPSA) is 126 Å². The van der Waals surface area contributed by atoms with Gasteiger partial charge in [-0.1, -0.05) is 48.2 Å². The number of nitro benzene ring substituents is 1. The van der Waals surface area contributed by atoms with Gasteiger partial charge in [-0.25, -0.2) is 4.99 Å². The zero-order valence-corrected chi connectivity index (χ0v) is 21.9. The third kappa shape index (κ3) is 5.83. The lowest BCUT2D eigenvalue weighted by atomic mass is 10.1. The summed E-state index contributed by atoms with van der Waals surface area (Å²) in [6.45, 7) is 0.373. The highest BCUT2D eigenvalue weighted by atomic mass is 32.2. The molecule has 39 heavy (non-hydrogen) atoms. The molecule has 2 aliphatic rings. The number of amidine groups is 2. The highest BCUT2D eigenvalue weighted by Gasteiger charge is 2.41. The van der Waals surface area contributed by atoms with E-state index in [1.54, 1.807) is 19.2 Å². The average molecular weight is 544 g/mol. The van der Waals surface area contributed by atoms with Crippen molar-refractivity contribution in [2.24, 2.45) is 9.98 Å². The van der Waals surface area contributed by atoms with Gasteiger partial charge < -0.3 is 10.1 Å². The Hall–Kier alpha value is -4.51. The summed E-state index contributed by atoms with van der Waals surface area (Å²) in [5, 5.41) is 14.5. The van der Waals surface area contributed by atoms with Crippen LogP contribution in [-0.4, -0.2) is 45.8 Å². The number of non-ortho nitro benzene ring substituents is 1. The van der Waals surface area contributed by atoms with Gasteiger partial charge in [0.1, 0.15) is 17.6 Å². The first kappa shape index (κ1) is 26.1. The second-order valence-corrected chi connectivity index (χ2v) is 9.89. The molecule has 5 rings (SSSR count). The van der Waals surface area contributed by atoms with Crippen LogP contribution in [0, 0.1) is 10.1 Å². The normalized spacial score (nSPS) is 15.7. The van der Waals surface area contributed by atoms with E-state index < -0.39 is 11.0 Å². The lowest BCUT2D eigenvalue weighted by Crippen LogP contribution is -2.44. The van der Waals surface area contributed by atoms with Gasteiger partial charge in [-0.05, 0) is 41.8 Å². The molecule has 198 valence electrons. The molecule has 1 atom stereocenters. The zero-order chi connectivity index (χ0) is 27.4. The summed E-state index contributed by atoms with van der Waals surface area (Å²) in [7, 11) is 1.60. The Balaban J connectivity index is 1.27. The molecule has 0 radical (unpaired) electrons. The van der Waals surface area contributed by atoms with E-state index in [2.05, 4.69) is 10.3 Å². The maximum absolute atomic E-state index is 13.0. The molecular weight excluding hydrogens is 518 g/mol. The highest BCUT2D eigenvalue weighted by Crippen LogP contribution is 2.36. The summed E-state index contributed by atoms with van der Waals surface area (Å²) >= 11 is 1.42. The van der Waals surface area contributed by atoms with Gasteiger partial charge in [-0.2, -0.15) is 4.99 Å². The summed E-state index contributed by atoms with van der Waals surface area (Å²) in [5.41, 5.74) is 3.32. The van der Waals surface area contributed by atoms with Crippen molar-refractivity contribution in [1.82, 2.24) is 10.2 Å². The Bertz CT molecular complexity index is 1470. The van der Waals surface area contributed by atoms with Crippen LogP contribution in [0.5, 0.6) is 5.75 Å². The molecule has 0 bridgehead atoms. The molecule has 0 aliphatic carbocycles. The number of hydrogen-bond donors (Lipinski definition) is 1. The van der Waals surface area contributed by atoms with Gasteiger partial charge in [-0.15, -0.1) is 0 Å². The number of fused-ring (bicyclic) bond motifs is 3. The summed E-state index contributed by atoms with van der Waals surface area (Å²) in [6, 6.07) is 20.6. The zero-order valence-electron chi connectivity index (χ0n) is 21.1. The maximum Gasteiger partial charge on any atom is 0.270 e. The summed E-state index contributed by atoms with van der Waals surface area (Å²) in [6.07, 6.45) is 0.424. The molecule has 11 heteroatoms. The van der Waals surface area contributed by atoms with Gasteiger partial charge in [0.15, 0.2) is 5.17 Å². The van der Waals surface area contributed by atoms with E-state index in [-0.39, 0.29) is 30.3 Å². The van der Waals surface area contributed by atoms with Crippen molar-refractivity contribution in [3.63, 3.8) is 0 Å². The van der Waals surface area contributed by atoms with Gasteiger partial charge in [0.25, 0.3) is 11.6 Å². The Labute approximate surface area is 228 Å². The molecule has 2 heterocycles. The Morgan fingerprint density at radius 2 is 1.77 bits per heavy atom. The van der Waals surface area contributed by atoms with Crippen molar-refractivity contribution >= 4 is 46.0 Å². The first-order valence-corrected chi connectivity index (χ1v) is 13.3. The molecule has 0 saturated carbocycles. The minimum absolute atomic E-state index is 0.0255. The lowest BCUT2D eigenvalue weighted by molar-refractivity contribution is -0.384. The van der Waals surface area contributed by atoms with E-state index in [4.69, 9.17) is 9.73 Å². The molecule has 1 unspecified atom stereocenters.